The van der Waals surface area contributed by atoms with E-state index in [1.165, 1.54) is 12.1 Å². The van der Waals surface area contributed by atoms with Crippen LogP contribution in [0.15, 0.2) is 24.3 Å². The minimum Gasteiger partial charge on any atom is -0.368 e. The van der Waals surface area contributed by atoms with Gasteiger partial charge in [-0.15, -0.1) is 0 Å². The normalized spacial score (nSPS) is 21.9. The lowest BCUT2D eigenvalue weighted by molar-refractivity contribution is -0.137. The fourth-order valence-electron chi connectivity index (χ4n) is 3.33. The van der Waals surface area contributed by atoms with Crippen molar-refractivity contribution >= 4 is 11.8 Å². The second-order valence-electron chi connectivity index (χ2n) is 6.63. The third-order valence-corrected chi connectivity index (χ3v) is 4.73. The second-order valence-corrected chi connectivity index (χ2v) is 6.63. The number of amides is 2. The Morgan fingerprint density at radius 3 is 2.77 bits per heavy atom. The molecule has 1 aromatic rings. The van der Waals surface area contributed by atoms with Crippen molar-refractivity contribution in [2.24, 2.45) is 0 Å². The highest BCUT2D eigenvalue weighted by Gasteiger charge is 2.33. The van der Waals surface area contributed by atoms with E-state index in [1.54, 1.807) is 4.90 Å². The molecular weight excluding hydrogens is 349 g/mol. The third kappa shape index (κ3) is 4.35. The van der Waals surface area contributed by atoms with Gasteiger partial charge in [0.25, 0.3) is 0 Å². The highest BCUT2D eigenvalue weighted by Crippen LogP contribution is 2.31. The molecule has 0 unspecified atom stereocenters. The summed E-state index contributed by atoms with van der Waals surface area (Å²) in [5, 5.41) is 2.78. The van der Waals surface area contributed by atoms with Crippen LogP contribution < -0.4 is 5.32 Å². The van der Waals surface area contributed by atoms with Gasteiger partial charge in [-0.2, -0.15) is 13.2 Å². The summed E-state index contributed by atoms with van der Waals surface area (Å²) in [4.78, 5) is 25.9. The monoisotopic (exact) mass is 370 g/mol. The largest absolute Gasteiger partial charge is 0.416 e. The number of nitrogens with zero attached hydrogens (tertiary/aromatic N) is 1. The van der Waals surface area contributed by atoms with Gasteiger partial charge >= 0.3 is 6.18 Å². The van der Waals surface area contributed by atoms with Crippen LogP contribution in [0.3, 0.4) is 0 Å². The first-order valence-corrected chi connectivity index (χ1v) is 8.71. The summed E-state index contributed by atoms with van der Waals surface area (Å²) in [5.74, 6) is -0.398. The smallest absolute Gasteiger partial charge is 0.368 e. The SMILES string of the molecule is O=C(N[C@@H](CN1CCCC1=O)c1cccc(C(F)(F)F)c1)[C@@H]1CCCO1. The Balaban J connectivity index is 1.81. The molecule has 5 nitrogen and oxygen atoms in total. The molecule has 0 radical (unpaired) electrons. The van der Waals surface area contributed by atoms with Crippen LogP contribution in [0.4, 0.5) is 13.2 Å². The molecular formula is C18H21F3N2O3. The average Bonchev–Trinajstić information content (AvgIpc) is 3.26. The molecule has 2 atom stereocenters. The van der Waals surface area contributed by atoms with Gasteiger partial charge in [-0.05, 0) is 37.0 Å². The maximum absolute atomic E-state index is 13.0. The van der Waals surface area contributed by atoms with Crippen molar-refractivity contribution in [3.05, 3.63) is 35.4 Å². The number of carbonyl (C=O) groups excluding carboxylic acids is 2. The molecule has 2 fully saturated rings. The molecule has 8 heteroatoms. The molecule has 2 heterocycles. The van der Waals surface area contributed by atoms with E-state index in [4.69, 9.17) is 4.74 Å². The van der Waals surface area contributed by atoms with E-state index >= 15 is 0 Å². The number of benzene rings is 1. The summed E-state index contributed by atoms with van der Waals surface area (Å²) >= 11 is 0. The Kier molecular flexibility index (Phi) is 5.50. The van der Waals surface area contributed by atoms with E-state index in [9.17, 15) is 22.8 Å². The molecule has 0 spiro atoms. The van der Waals surface area contributed by atoms with Crippen molar-refractivity contribution in [2.45, 2.75) is 44.0 Å². The van der Waals surface area contributed by atoms with Crippen LogP contribution in [-0.2, 0) is 20.5 Å². The first-order chi connectivity index (χ1) is 12.3. The van der Waals surface area contributed by atoms with Crippen LogP contribution in [0.5, 0.6) is 0 Å². The zero-order valence-electron chi connectivity index (χ0n) is 14.2. The first kappa shape index (κ1) is 18.7. The number of ether oxygens (including phenoxy) is 1. The van der Waals surface area contributed by atoms with Gasteiger partial charge < -0.3 is 15.0 Å². The van der Waals surface area contributed by atoms with Crippen LogP contribution in [0.2, 0.25) is 0 Å². The van der Waals surface area contributed by atoms with Crippen LogP contribution >= 0.6 is 0 Å². The van der Waals surface area contributed by atoms with Crippen molar-refractivity contribution in [1.29, 1.82) is 0 Å². The maximum Gasteiger partial charge on any atom is 0.416 e. The number of likely N-dealkylation sites (tertiary alicyclic amines) is 1. The molecule has 0 aliphatic carbocycles. The van der Waals surface area contributed by atoms with Gasteiger partial charge in [0, 0.05) is 26.1 Å². The average molecular weight is 370 g/mol. The van der Waals surface area contributed by atoms with Crippen molar-refractivity contribution < 1.29 is 27.5 Å². The Morgan fingerprint density at radius 2 is 2.15 bits per heavy atom. The highest BCUT2D eigenvalue weighted by atomic mass is 19.4. The number of rotatable bonds is 5. The van der Waals surface area contributed by atoms with Gasteiger partial charge in [-0.1, -0.05) is 12.1 Å². The van der Waals surface area contributed by atoms with Crippen LogP contribution in [0.25, 0.3) is 0 Å². The topological polar surface area (TPSA) is 58.6 Å². The van der Waals surface area contributed by atoms with Crippen molar-refractivity contribution in [3.8, 4) is 0 Å². The van der Waals surface area contributed by atoms with Gasteiger partial charge in [-0.3, -0.25) is 9.59 Å². The van der Waals surface area contributed by atoms with E-state index < -0.39 is 23.9 Å². The quantitative estimate of drug-likeness (QED) is 0.867. The van der Waals surface area contributed by atoms with Gasteiger partial charge in [0.05, 0.1) is 11.6 Å². The number of nitrogens with one attached hydrogen (secondary N) is 1. The Labute approximate surface area is 149 Å². The van der Waals surface area contributed by atoms with Crippen LogP contribution in [-0.4, -0.2) is 42.5 Å². The molecule has 0 bridgehead atoms. The standard InChI is InChI=1S/C18H21F3N2O3/c19-18(20,21)13-5-1-4-12(10-13)14(11-23-8-2-7-16(23)24)22-17(25)15-6-3-9-26-15/h1,4-5,10,14-15H,2-3,6-9,11H2,(H,22,25)/t14-,15-/m0/s1. The molecule has 0 aromatic heterocycles. The molecule has 0 saturated carbocycles. The minimum atomic E-state index is -4.47. The fourth-order valence-corrected chi connectivity index (χ4v) is 3.33. The predicted molar refractivity (Wildman–Crippen MR) is 87.1 cm³/mol. The predicted octanol–water partition coefficient (Wildman–Crippen LogP) is 2.66. The van der Waals surface area contributed by atoms with Crippen molar-refractivity contribution in [3.63, 3.8) is 0 Å². The van der Waals surface area contributed by atoms with Gasteiger partial charge in [0.15, 0.2) is 0 Å². The van der Waals surface area contributed by atoms with Gasteiger partial charge in [0.1, 0.15) is 6.10 Å². The fraction of sp³-hybridized carbons (Fsp3) is 0.556. The molecule has 3 rings (SSSR count). The van der Waals surface area contributed by atoms with Crippen LogP contribution in [0, 0.1) is 0 Å². The van der Waals surface area contributed by atoms with Gasteiger partial charge in [-0.25, -0.2) is 0 Å². The maximum atomic E-state index is 13.0. The molecule has 26 heavy (non-hydrogen) atoms. The summed E-state index contributed by atoms with van der Waals surface area (Å²) < 4.78 is 44.5. The molecule has 2 amide bonds. The second kappa shape index (κ2) is 7.65. The molecule has 1 N–H and O–H groups in total. The highest BCUT2D eigenvalue weighted by molar-refractivity contribution is 5.82. The Hall–Kier alpha value is -2.09. The Bertz CT molecular complexity index is 672. The number of carbonyl (C=O) groups is 2. The molecule has 142 valence electrons. The van der Waals surface area contributed by atoms with Gasteiger partial charge in [0.2, 0.25) is 11.8 Å². The Morgan fingerprint density at radius 1 is 1.35 bits per heavy atom. The summed E-state index contributed by atoms with van der Waals surface area (Å²) in [6.45, 7) is 1.19. The van der Waals surface area contributed by atoms with Crippen LogP contribution in [0.1, 0.15) is 42.9 Å². The molecule has 2 aliphatic heterocycles. The summed E-state index contributed by atoms with van der Waals surface area (Å²) in [6.07, 6.45) is -2.55. The summed E-state index contributed by atoms with van der Waals surface area (Å²) in [5.41, 5.74) is -0.454. The van der Waals surface area contributed by atoms with Crippen molar-refractivity contribution in [1.82, 2.24) is 10.2 Å². The van der Waals surface area contributed by atoms with E-state index in [-0.39, 0.29) is 18.4 Å². The van der Waals surface area contributed by atoms with E-state index in [0.717, 1.165) is 18.6 Å². The number of halogens is 3. The molecule has 1 aromatic carbocycles. The first-order valence-electron chi connectivity index (χ1n) is 8.71. The third-order valence-electron chi connectivity index (χ3n) is 4.73. The van der Waals surface area contributed by atoms with E-state index in [0.29, 0.717) is 38.0 Å². The zero-order valence-corrected chi connectivity index (χ0v) is 14.2. The summed E-state index contributed by atoms with van der Waals surface area (Å²) in [7, 11) is 0. The van der Waals surface area contributed by atoms with E-state index in [2.05, 4.69) is 5.32 Å². The lowest BCUT2D eigenvalue weighted by atomic mass is 10.0. The van der Waals surface area contributed by atoms with Crippen molar-refractivity contribution in [2.75, 3.05) is 19.7 Å². The number of hydrogen-bond acceptors (Lipinski definition) is 3. The minimum absolute atomic E-state index is 0.0478. The zero-order chi connectivity index (χ0) is 18.7. The number of alkyl halides is 3. The van der Waals surface area contributed by atoms with E-state index in [1.807, 2.05) is 0 Å². The lowest BCUT2D eigenvalue weighted by Gasteiger charge is -2.26. The number of hydrogen-bond donors (Lipinski definition) is 1. The molecule has 2 saturated heterocycles. The lowest BCUT2D eigenvalue weighted by Crippen LogP contribution is -2.42. The summed E-state index contributed by atoms with van der Waals surface area (Å²) in [6, 6.07) is 4.16. The molecule has 2 aliphatic rings.